The van der Waals surface area contributed by atoms with Crippen LogP contribution in [0.2, 0.25) is 0 Å². The number of aromatic hydroxyl groups is 1. The van der Waals surface area contributed by atoms with Crippen LogP contribution in [0, 0.1) is 6.92 Å². The SMILES string of the molecule is CCOC(=O)C1=C(C)N(c2ccc(C)cc2)C(=O)/C1=C\c1ccc(O)c(OC)c1. The number of phenolic OH excluding ortho intramolecular Hbond substituents is 1. The Morgan fingerprint density at radius 3 is 2.45 bits per heavy atom. The highest BCUT2D eigenvalue weighted by molar-refractivity contribution is 6.23. The van der Waals surface area contributed by atoms with Crippen molar-refractivity contribution in [2.24, 2.45) is 0 Å². The first-order chi connectivity index (χ1) is 13.9. The van der Waals surface area contributed by atoms with Crippen molar-refractivity contribution in [3.8, 4) is 11.5 Å². The Labute approximate surface area is 169 Å². The molecule has 0 bridgehead atoms. The van der Waals surface area contributed by atoms with Crippen molar-refractivity contribution in [2.45, 2.75) is 20.8 Å². The second-order valence-electron chi connectivity index (χ2n) is 6.65. The second kappa shape index (κ2) is 8.22. The molecule has 6 nitrogen and oxygen atoms in total. The van der Waals surface area contributed by atoms with Gasteiger partial charge in [0.25, 0.3) is 5.91 Å². The molecule has 29 heavy (non-hydrogen) atoms. The summed E-state index contributed by atoms with van der Waals surface area (Å²) >= 11 is 0. The van der Waals surface area contributed by atoms with Crippen LogP contribution < -0.4 is 9.64 Å². The maximum atomic E-state index is 13.3. The van der Waals surface area contributed by atoms with E-state index >= 15 is 0 Å². The number of nitrogens with zero attached hydrogens (tertiary/aromatic N) is 1. The number of allylic oxidation sites excluding steroid dienone is 1. The van der Waals surface area contributed by atoms with Gasteiger partial charge in [-0.05, 0) is 56.7 Å². The van der Waals surface area contributed by atoms with Gasteiger partial charge in [0.2, 0.25) is 0 Å². The molecule has 2 aromatic carbocycles. The molecule has 0 unspecified atom stereocenters. The fourth-order valence-corrected chi connectivity index (χ4v) is 3.24. The van der Waals surface area contributed by atoms with E-state index in [1.165, 1.54) is 18.1 Å². The number of phenols is 1. The summed E-state index contributed by atoms with van der Waals surface area (Å²) in [6.07, 6.45) is 1.61. The molecule has 0 aliphatic carbocycles. The number of carbonyl (C=O) groups is 2. The Morgan fingerprint density at radius 2 is 1.83 bits per heavy atom. The van der Waals surface area contributed by atoms with Crippen LogP contribution in [-0.4, -0.2) is 30.7 Å². The molecular weight excluding hydrogens is 370 g/mol. The highest BCUT2D eigenvalue weighted by Gasteiger charge is 2.38. The molecule has 2 aromatic rings. The molecule has 1 aliphatic heterocycles. The van der Waals surface area contributed by atoms with E-state index in [2.05, 4.69) is 0 Å². The van der Waals surface area contributed by atoms with Crippen LogP contribution in [-0.2, 0) is 14.3 Å². The van der Waals surface area contributed by atoms with Crippen LogP contribution in [0.25, 0.3) is 6.08 Å². The minimum absolute atomic E-state index is 0.00832. The third-order valence-electron chi connectivity index (χ3n) is 4.69. The lowest BCUT2D eigenvalue weighted by Crippen LogP contribution is -2.24. The summed E-state index contributed by atoms with van der Waals surface area (Å²) in [6, 6.07) is 12.2. The van der Waals surface area contributed by atoms with Crippen LogP contribution in [0.15, 0.2) is 59.3 Å². The monoisotopic (exact) mass is 393 g/mol. The van der Waals surface area contributed by atoms with Crippen molar-refractivity contribution in [3.63, 3.8) is 0 Å². The number of hydrogen-bond acceptors (Lipinski definition) is 5. The fourth-order valence-electron chi connectivity index (χ4n) is 3.24. The summed E-state index contributed by atoms with van der Waals surface area (Å²) < 4.78 is 10.3. The van der Waals surface area contributed by atoms with Crippen LogP contribution in [0.4, 0.5) is 5.69 Å². The lowest BCUT2D eigenvalue weighted by Gasteiger charge is -2.18. The smallest absolute Gasteiger partial charge is 0.340 e. The van der Waals surface area contributed by atoms with Crippen molar-refractivity contribution in [1.82, 2.24) is 0 Å². The van der Waals surface area contributed by atoms with Crippen molar-refractivity contribution in [2.75, 3.05) is 18.6 Å². The summed E-state index contributed by atoms with van der Waals surface area (Å²) in [5.74, 6) is -0.601. The van der Waals surface area contributed by atoms with E-state index in [0.29, 0.717) is 16.9 Å². The number of amides is 1. The number of carbonyl (C=O) groups excluding carboxylic acids is 2. The molecule has 0 radical (unpaired) electrons. The Morgan fingerprint density at radius 1 is 1.14 bits per heavy atom. The number of rotatable bonds is 5. The highest BCUT2D eigenvalue weighted by Crippen LogP contribution is 2.36. The molecule has 1 heterocycles. The topological polar surface area (TPSA) is 76.1 Å². The van der Waals surface area contributed by atoms with Crippen molar-refractivity contribution in [1.29, 1.82) is 0 Å². The minimum atomic E-state index is -0.551. The van der Waals surface area contributed by atoms with Gasteiger partial charge in [0.05, 0.1) is 24.9 Å². The van der Waals surface area contributed by atoms with Crippen LogP contribution in [0.1, 0.15) is 25.0 Å². The van der Waals surface area contributed by atoms with Crippen LogP contribution in [0.3, 0.4) is 0 Å². The number of methoxy groups -OCH3 is 1. The molecule has 0 saturated heterocycles. The molecule has 0 spiro atoms. The van der Waals surface area contributed by atoms with E-state index in [9.17, 15) is 14.7 Å². The molecule has 1 aliphatic rings. The van der Waals surface area contributed by atoms with Crippen LogP contribution >= 0.6 is 0 Å². The maximum absolute atomic E-state index is 13.3. The number of esters is 1. The van der Waals surface area contributed by atoms with Crippen molar-refractivity contribution in [3.05, 3.63) is 70.4 Å². The van der Waals surface area contributed by atoms with Gasteiger partial charge in [0, 0.05) is 11.4 Å². The maximum Gasteiger partial charge on any atom is 0.340 e. The molecule has 6 heteroatoms. The predicted octanol–water partition coefficient (Wildman–Crippen LogP) is 3.98. The molecular formula is C23H23NO5. The fraction of sp³-hybridized carbons (Fsp3) is 0.217. The van der Waals surface area contributed by atoms with Crippen molar-refractivity contribution >= 4 is 23.6 Å². The predicted molar refractivity (Wildman–Crippen MR) is 111 cm³/mol. The second-order valence-corrected chi connectivity index (χ2v) is 6.65. The number of aryl methyl sites for hydroxylation is 1. The Bertz CT molecular complexity index is 1020. The van der Waals surface area contributed by atoms with Gasteiger partial charge >= 0.3 is 5.97 Å². The average Bonchev–Trinajstić information content (AvgIpc) is 2.94. The van der Waals surface area contributed by atoms with E-state index in [1.807, 2.05) is 31.2 Å². The standard InChI is InChI=1S/C23H23NO5/c1-5-29-23(27)21-15(3)24(17-9-6-14(2)7-10-17)22(26)18(21)12-16-8-11-19(25)20(13-16)28-4/h6-13,25H,5H2,1-4H3/b18-12-. The largest absolute Gasteiger partial charge is 0.504 e. The Balaban J connectivity index is 2.13. The summed E-state index contributed by atoms with van der Waals surface area (Å²) in [7, 11) is 1.44. The first-order valence-corrected chi connectivity index (χ1v) is 9.25. The number of hydrogen-bond donors (Lipinski definition) is 1. The zero-order valence-electron chi connectivity index (χ0n) is 16.9. The zero-order chi connectivity index (χ0) is 21.1. The van der Waals surface area contributed by atoms with E-state index in [-0.39, 0.29) is 35.2 Å². The van der Waals surface area contributed by atoms with E-state index in [0.717, 1.165) is 5.56 Å². The summed E-state index contributed by atoms with van der Waals surface area (Å²) in [5.41, 5.74) is 3.32. The van der Waals surface area contributed by atoms with Gasteiger partial charge < -0.3 is 14.6 Å². The lowest BCUT2D eigenvalue weighted by atomic mass is 10.0. The normalized spacial score (nSPS) is 15.2. The summed E-state index contributed by atoms with van der Waals surface area (Å²) in [4.78, 5) is 27.4. The lowest BCUT2D eigenvalue weighted by molar-refractivity contribution is -0.138. The van der Waals surface area contributed by atoms with Gasteiger partial charge in [0.15, 0.2) is 11.5 Å². The number of anilines is 1. The first kappa shape index (κ1) is 20.2. The van der Waals surface area contributed by atoms with Crippen LogP contribution in [0.5, 0.6) is 11.5 Å². The molecule has 0 fully saturated rings. The van der Waals surface area contributed by atoms with E-state index in [1.54, 1.807) is 32.1 Å². The third kappa shape index (κ3) is 3.87. The molecule has 3 rings (SSSR count). The zero-order valence-corrected chi connectivity index (χ0v) is 16.9. The molecule has 0 saturated carbocycles. The average molecular weight is 393 g/mol. The third-order valence-corrected chi connectivity index (χ3v) is 4.69. The summed E-state index contributed by atoms with van der Waals surface area (Å²) in [6.45, 7) is 5.61. The van der Waals surface area contributed by atoms with Gasteiger partial charge in [-0.3, -0.25) is 9.69 Å². The summed E-state index contributed by atoms with van der Waals surface area (Å²) in [5, 5.41) is 9.81. The Hall–Kier alpha value is -3.54. The number of benzene rings is 2. The molecule has 0 atom stereocenters. The quantitative estimate of drug-likeness (QED) is 0.614. The first-order valence-electron chi connectivity index (χ1n) is 9.25. The molecule has 1 N–H and O–H groups in total. The van der Waals surface area contributed by atoms with E-state index < -0.39 is 5.97 Å². The van der Waals surface area contributed by atoms with Gasteiger partial charge in [0.1, 0.15) is 0 Å². The molecule has 150 valence electrons. The Kier molecular flexibility index (Phi) is 5.73. The minimum Gasteiger partial charge on any atom is -0.504 e. The molecule has 0 aromatic heterocycles. The van der Waals surface area contributed by atoms with Gasteiger partial charge in [-0.15, -0.1) is 0 Å². The van der Waals surface area contributed by atoms with Crippen molar-refractivity contribution < 1.29 is 24.2 Å². The molecule has 1 amide bonds. The number of ether oxygens (including phenoxy) is 2. The van der Waals surface area contributed by atoms with Gasteiger partial charge in [-0.2, -0.15) is 0 Å². The van der Waals surface area contributed by atoms with Gasteiger partial charge in [-0.1, -0.05) is 23.8 Å². The van der Waals surface area contributed by atoms with E-state index in [4.69, 9.17) is 9.47 Å². The highest BCUT2D eigenvalue weighted by atomic mass is 16.5. The van der Waals surface area contributed by atoms with Gasteiger partial charge in [-0.25, -0.2) is 4.79 Å².